The van der Waals surface area contributed by atoms with Gasteiger partial charge in [-0.25, -0.2) is 4.98 Å². The van der Waals surface area contributed by atoms with Gasteiger partial charge in [-0.2, -0.15) is 0 Å². The van der Waals surface area contributed by atoms with Crippen LogP contribution in [0.4, 0.5) is 0 Å². The number of rotatable bonds is 3. The Morgan fingerprint density at radius 2 is 2.00 bits per heavy atom. The summed E-state index contributed by atoms with van der Waals surface area (Å²) in [7, 11) is 0. The first-order valence-electron chi connectivity index (χ1n) is 5.51. The Hall–Kier alpha value is -1.19. The lowest BCUT2D eigenvalue weighted by atomic mass is 10.1. The molecule has 1 heterocycles. The summed E-state index contributed by atoms with van der Waals surface area (Å²) in [5.41, 5.74) is 8.21. The number of aryl methyl sites for hydroxylation is 1. The van der Waals surface area contributed by atoms with E-state index in [1.165, 1.54) is 21.0 Å². The molecular weight excluding hydrogens is 216 g/mol. The Bertz CT molecular complexity index is 457. The van der Waals surface area contributed by atoms with Gasteiger partial charge in [-0.1, -0.05) is 31.2 Å². The minimum atomic E-state index is 0.0988. The molecule has 0 aliphatic carbocycles. The van der Waals surface area contributed by atoms with Gasteiger partial charge in [-0.05, 0) is 24.5 Å². The smallest absolute Gasteiger partial charge is 0.0928 e. The third kappa shape index (κ3) is 2.31. The predicted octanol–water partition coefficient (Wildman–Crippen LogP) is 3.39. The van der Waals surface area contributed by atoms with Gasteiger partial charge in [0, 0.05) is 12.2 Å². The summed E-state index contributed by atoms with van der Waals surface area (Å²) in [4.78, 5) is 5.59. The Labute approximate surface area is 100 Å². The minimum absolute atomic E-state index is 0.0988. The van der Waals surface area contributed by atoms with Crippen molar-refractivity contribution in [2.24, 2.45) is 5.73 Å². The quantitative estimate of drug-likeness (QED) is 0.881. The molecule has 0 fully saturated rings. The van der Waals surface area contributed by atoms with Crippen LogP contribution in [0, 0.1) is 0 Å². The molecule has 1 aromatic heterocycles. The molecule has 1 unspecified atom stereocenters. The lowest BCUT2D eigenvalue weighted by Gasteiger charge is -2.05. The van der Waals surface area contributed by atoms with Gasteiger partial charge in [0.2, 0.25) is 0 Å². The molecule has 0 aliphatic rings. The fraction of sp³-hybridized carbons (Fsp3) is 0.308. The fourth-order valence-electron chi connectivity index (χ4n) is 1.56. The van der Waals surface area contributed by atoms with Crippen molar-refractivity contribution in [1.29, 1.82) is 0 Å². The van der Waals surface area contributed by atoms with Gasteiger partial charge in [0.05, 0.1) is 9.88 Å². The molecule has 0 saturated heterocycles. The van der Waals surface area contributed by atoms with E-state index in [0.717, 1.165) is 6.42 Å². The highest BCUT2D eigenvalue weighted by Gasteiger charge is 2.04. The summed E-state index contributed by atoms with van der Waals surface area (Å²) >= 11 is 1.76. The summed E-state index contributed by atoms with van der Waals surface area (Å²) in [6.07, 6.45) is 2.95. The van der Waals surface area contributed by atoms with Crippen LogP contribution in [-0.2, 0) is 6.42 Å². The van der Waals surface area contributed by atoms with Crippen molar-refractivity contribution in [2.45, 2.75) is 26.3 Å². The van der Waals surface area contributed by atoms with Gasteiger partial charge in [0.25, 0.3) is 0 Å². The summed E-state index contributed by atoms with van der Waals surface area (Å²) in [6.45, 7) is 4.12. The molecule has 3 heteroatoms. The van der Waals surface area contributed by atoms with E-state index in [1.54, 1.807) is 11.3 Å². The molecule has 2 aromatic rings. The van der Waals surface area contributed by atoms with Crippen LogP contribution in [0.2, 0.25) is 0 Å². The molecule has 2 N–H and O–H groups in total. The van der Waals surface area contributed by atoms with Gasteiger partial charge in [0.1, 0.15) is 0 Å². The second-order valence-electron chi connectivity index (χ2n) is 3.88. The van der Waals surface area contributed by atoms with Crippen molar-refractivity contribution in [1.82, 2.24) is 4.98 Å². The maximum Gasteiger partial charge on any atom is 0.0928 e. The lowest BCUT2D eigenvalue weighted by molar-refractivity contribution is 0.818. The van der Waals surface area contributed by atoms with Gasteiger partial charge in [0.15, 0.2) is 0 Å². The molecule has 2 rings (SSSR count). The van der Waals surface area contributed by atoms with E-state index >= 15 is 0 Å². The van der Waals surface area contributed by atoms with Crippen molar-refractivity contribution < 1.29 is 0 Å². The van der Waals surface area contributed by atoms with Gasteiger partial charge in [-0.15, -0.1) is 11.3 Å². The monoisotopic (exact) mass is 232 g/mol. The third-order valence-corrected chi connectivity index (χ3v) is 3.77. The van der Waals surface area contributed by atoms with Crippen LogP contribution >= 0.6 is 11.3 Å². The number of aromatic nitrogens is 1. The largest absolute Gasteiger partial charge is 0.324 e. The first-order valence-corrected chi connectivity index (χ1v) is 6.33. The highest BCUT2D eigenvalue weighted by Crippen LogP contribution is 2.27. The first kappa shape index (κ1) is 11.3. The molecule has 16 heavy (non-hydrogen) atoms. The summed E-state index contributed by atoms with van der Waals surface area (Å²) in [5.74, 6) is 0. The van der Waals surface area contributed by atoms with Crippen molar-refractivity contribution >= 4 is 11.3 Å². The zero-order valence-electron chi connectivity index (χ0n) is 9.60. The van der Waals surface area contributed by atoms with Crippen LogP contribution in [0.25, 0.3) is 10.4 Å². The Kier molecular flexibility index (Phi) is 3.36. The molecule has 0 saturated carbocycles. The third-order valence-electron chi connectivity index (χ3n) is 2.58. The molecule has 0 aliphatic heterocycles. The van der Waals surface area contributed by atoms with Crippen molar-refractivity contribution in [3.63, 3.8) is 0 Å². The molecule has 0 radical (unpaired) electrons. The van der Waals surface area contributed by atoms with Gasteiger partial charge < -0.3 is 5.73 Å². The van der Waals surface area contributed by atoms with Gasteiger partial charge in [-0.3, -0.25) is 0 Å². The molecule has 2 nitrogen and oxygen atoms in total. The number of hydrogen-bond acceptors (Lipinski definition) is 3. The van der Waals surface area contributed by atoms with Crippen LogP contribution in [0.15, 0.2) is 30.5 Å². The van der Waals surface area contributed by atoms with Crippen molar-refractivity contribution in [3.05, 3.63) is 41.0 Å². The number of nitrogens with zero attached hydrogens (tertiary/aromatic N) is 1. The summed E-state index contributed by atoms with van der Waals surface area (Å²) in [5, 5.41) is 1.19. The van der Waals surface area contributed by atoms with Crippen LogP contribution in [-0.4, -0.2) is 4.98 Å². The highest BCUT2D eigenvalue weighted by atomic mass is 32.1. The number of thiazole rings is 1. The number of nitrogens with two attached hydrogens (primary N) is 1. The molecule has 1 aromatic carbocycles. The number of hydrogen-bond donors (Lipinski definition) is 1. The summed E-state index contributed by atoms with van der Waals surface area (Å²) < 4.78 is 0. The Balaban J connectivity index is 2.27. The topological polar surface area (TPSA) is 38.9 Å². The van der Waals surface area contributed by atoms with E-state index in [-0.39, 0.29) is 6.04 Å². The van der Waals surface area contributed by atoms with Crippen molar-refractivity contribution in [3.8, 4) is 10.4 Å². The SMILES string of the molecule is CCc1ncc(-c2ccc(C(C)N)cc2)s1. The fourth-order valence-corrected chi connectivity index (χ4v) is 2.42. The normalized spacial score (nSPS) is 12.7. The van der Waals surface area contributed by atoms with Crippen LogP contribution in [0.1, 0.15) is 30.5 Å². The zero-order chi connectivity index (χ0) is 11.5. The highest BCUT2D eigenvalue weighted by molar-refractivity contribution is 7.15. The molecule has 84 valence electrons. The summed E-state index contributed by atoms with van der Waals surface area (Å²) in [6, 6.07) is 8.51. The van der Waals surface area contributed by atoms with E-state index in [0.29, 0.717) is 0 Å². The van der Waals surface area contributed by atoms with E-state index < -0.39 is 0 Å². The van der Waals surface area contributed by atoms with E-state index in [4.69, 9.17) is 5.73 Å². The second kappa shape index (κ2) is 4.76. The van der Waals surface area contributed by atoms with E-state index in [2.05, 4.69) is 36.2 Å². The second-order valence-corrected chi connectivity index (χ2v) is 5.00. The average Bonchev–Trinajstić information content (AvgIpc) is 2.77. The lowest BCUT2D eigenvalue weighted by Crippen LogP contribution is -2.04. The standard InChI is InChI=1S/C13H16N2S/c1-3-13-15-8-12(16-13)11-6-4-10(5-7-11)9(2)14/h4-9H,3,14H2,1-2H3. The van der Waals surface area contributed by atoms with Crippen LogP contribution < -0.4 is 5.73 Å². The maximum atomic E-state index is 5.82. The van der Waals surface area contributed by atoms with Crippen LogP contribution in [0.3, 0.4) is 0 Å². The maximum absolute atomic E-state index is 5.82. The predicted molar refractivity (Wildman–Crippen MR) is 69.5 cm³/mol. The van der Waals surface area contributed by atoms with E-state index in [9.17, 15) is 0 Å². The Morgan fingerprint density at radius 1 is 1.31 bits per heavy atom. The number of benzene rings is 1. The molecule has 0 amide bonds. The first-order chi connectivity index (χ1) is 7.70. The van der Waals surface area contributed by atoms with Gasteiger partial charge >= 0.3 is 0 Å². The molecule has 1 atom stereocenters. The zero-order valence-corrected chi connectivity index (χ0v) is 10.4. The van der Waals surface area contributed by atoms with Crippen molar-refractivity contribution in [2.75, 3.05) is 0 Å². The molecule has 0 spiro atoms. The van der Waals surface area contributed by atoms with E-state index in [1.807, 2.05) is 13.1 Å². The molecule has 0 bridgehead atoms. The molecular formula is C13H16N2S. The minimum Gasteiger partial charge on any atom is -0.324 e. The van der Waals surface area contributed by atoms with Crippen LogP contribution in [0.5, 0.6) is 0 Å². The average molecular weight is 232 g/mol. The Morgan fingerprint density at radius 3 is 2.50 bits per heavy atom.